The molecule has 0 radical (unpaired) electrons. The number of hydrogen-bond acceptors (Lipinski definition) is 9. The molecule has 1 aliphatic heterocycles. The van der Waals surface area contributed by atoms with Crippen molar-refractivity contribution in [2.24, 2.45) is 0 Å². The molecule has 0 aliphatic carbocycles. The van der Waals surface area contributed by atoms with Crippen molar-refractivity contribution < 1.29 is 19.1 Å². The van der Waals surface area contributed by atoms with Gasteiger partial charge < -0.3 is 15.0 Å². The maximum Gasteiger partial charge on any atom is 0.334 e. The van der Waals surface area contributed by atoms with Gasteiger partial charge in [0.15, 0.2) is 16.9 Å². The number of halogens is 1. The third kappa shape index (κ3) is 6.50. The van der Waals surface area contributed by atoms with Gasteiger partial charge in [0.25, 0.3) is 11.8 Å². The van der Waals surface area contributed by atoms with Crippen LogP contribution in [0.2, 0.25) is 5.02 Å². The Morgan fingerprint density at radius 1 is 0.909 bits per heavy atom. The van der Waals surface area contributed by atoms with Gasteiger partial charge in [-0.3, -0.25) is 9.59 Å². The first-order chi connectivity index (χ1) is 26.6. The van der Waals surface area contributed by atoms with Crippen molar-refractivity contribution in [1.29, 1.82) is 0 Å². The summed E-state index contributed by atoms with van der Waals surface area (Å²) in [5.74, 6) is -1.08. The van der Waals surface area contributed by atoms with Gasteiger partial charge in [-0.2, -0.15) is 10.2 Å². The molecule has 1 fully saturated rings. The summed E-state index contributed by atoms with van der Waals surface area (Å²) in [7, 11) is 1.34. The van der Waals surface area contributed by atoms with Crippen LogP contribution >= 0.6 is 11.6 Å². The summed E-state index contributed by atoms with van der Waals surface area (Å²) in [6, 6.07) is 27.8. The van der Waals surface area contributed by atoms with Crippen molar-refractivity contribution in [1.82, 2.24) is 44.3 Å². The predicted molar refractivity (Wildman–Crippen MR) is 205 cm³/mol. The highest BCUT2D eigenvalue weighted by Crippen LogP contribution is 2.35. The Hall–Kier alpha value is -6.67. The molecule has 1 aliphatic rings. The van der Waals surface area contributed by atoms with E-state index in [1.165, 1.54) is 18.0 Å². The number of piperidine rings is 1. The Morgan fingerprint density at radius 3 is 2.36 bits per heavy atom. The number of fused-ring (bicyclic) bond motifs is 1. The highest BCUT2D eigenvalue weighted by Gasteiger charge is 2.46. The number of rotatable bonds is 8. The highest BCUT2D eigenvalue weighted by atomic mass is 35.5. The van der Waals surface area contributed by atoms with Gasteiger partial charge in [-0.15, -0.1) is 5.10 Å². The second kappa shape index (κ2) is 14.3. The third-order valence-electron chi connectivity index (χ3n) is 9.92. The van der Waals surface area contributed by atoms with E-state index in [1.54, 1.807) is 44.6 Å². The molecule has 0 unspecified atom stereocenters. The van der Waals surface area contributed by atoms with Crippen molar-refractivity contribution >= 4 is 40.7 Å². The van der Waals surface area contributed by atoms with E-state index < -0.39 is 11.5 Å². The summed E-state index contributed by atoms with van der Waals surface area (Å²) in [6.45, 7) is 4.28. The first-order valence-corrected chi connectivity index (χ1v) is 18.0. The van der Waals surface area contributed by atoms with E-state index in [-0.39, 0.29) is 43.4 Å². The largest absolute Gasteiger partial charge is 0.467 e. The smallest absolute Gasteiger partial charge is 0.334 e. The van der Waals surface area contributed by atoms with Crippen LogP contribution in [0.3, 0.4) is 0 Å². The highest BCUT2D eigenvalue weighted by molar-refractivity contribution is 6.33. The molecular weight excluding hydrogens is 720 g/mol. The number of methoxy groups -OCH3 is 1. The molecule has 2 amide bonds. The summed E-state index contributed by atoms with van der Waals surface area (Å²) in [4.78, 5) is 46.8. The molecule has 0 saturated carbocycles. The average molecular weight is 755 g/mol. The number of likely N-dealkylation sites (tertiary alicyclic amines) is 1. The molecule has 1 saturated heterocycles. The van der Waals surface area contributed by atoms with Crippen molar-refractivity contribution in [3.05, 3.63) is 131 Å². The molecule has 55 heavy (non-hydrogen) atoms. The normalized spacial score (nSPS) is 13.9. The van der Waals surface area contributed by atoms with Crippen LogP contribution in [0.4, 0.5) is 5.69 Å². The Bertz CT molecular complexity index is 2570. The number of para-hydroxylation sites is 1. The predicted octanol–water partition coefficient (Wildman–Crippen LogP) is 6.17. The van der Waals surface area contributed by atoms with Crippen molar-refractivity contribution in [2.45, 2.75) is 32.2 Å². The molecule has 1 N–H and O–H groups in total. The first-order valence-electron chi connectivity index (χ1n) is 17.6. The number of aromatic nitrogens is 8. The van der Waals surface area contributed by atoms with Gasteiger partial charge in [0.1, 0.15) is 11.3 Å². The first kappa shape index (κ1) is 35.4. The number of carbonyl (C=O) groups excluding carboxylic acids is 3. The molecule has 14 nitrogen and oxygen atoms in total. The Morgan fingerprint density at radius 2 is 1.64 bits per heavy atom. The molecule has 8 rings (SSSR count). The molecule has 0 spiro atoms. The van der Waals surface area contributed by atoms with Crippen molar-refractivity contribution in [2.75, 3.05) is 25.5 Å². The van der Waals surface area contributed by atoms with E-state index in [0.29, 0.717) is 33.3 Å². The lowest BCUT2D eigenvalue weighted by Gasteiger charge is -2.39. The van der Waals surface area contributed by atoms with Crippen LogP contribution in [0.15, 0.2) is 103 Å². The molecule has 0 atom stereocenters. The molecule has 0 bridgehead atoms. The Kier molecular flexibility index (Phi) is 9.19. The van der Waals surface area contributed by atoms with Crippen LogP contribution in [0, 0.1) is 13.8 Å². The van der Waals surface area contributed by atoms with Gasteiger partial charge in [-0.1, -0.05) is 65.3 Å². The van der Waals surface area contributed by atoms with Crippen LogP contribution in [0.1, 0.15) is 45.1 Å². The zero-order chi connectivity index (χ0) is 38.3. The van der Waals surface area contributed by atoms with Crippen LogP contribution < -0.4 is 5.32 Å². The number of nitrogens with one attached hydrogen (secondary N) is 1. The summed E-state index contributed by atoms with van der Waals surface area (Å²) in [5.41, 5.74) is 5.62. The molecular formula is C40H35ClN10O4. The summed E-state index contributed by atoms with van der Waals surface area (Å²) >= 11 is 6.58. The number of benzene rings is 3. The van der Waals surface area contributed by atoms with Crippen molar-refractivity contribution in [3.63, 3.8) is 0 Å². The fourth-order valence-corrected chi connectivity index (χ4v) is 7.26. The molecule has 7 aromatic rings. The number of esters is 1. The van der Waals surface area contributed by atoms with E-state index in [4.69, 9.17) is 21.4 Å². The Labute approximate surface area is 320 Å². The maximum absolute atomic E-state index is 14.0. The number of carbonyl (C=O) groups is 3. The van der Waals surface area contributed by atoms with E-state index >= 15 is 0 Å². The van der Waals surface area contributed by atoms with Gasteiger partial charge in [-0.25, -0.2) is 23.7 Å². The summed E-state index contributed by atoms with van der Waals surface area (Å²) in [6.07, 6.45) is 3.70. The van der Waals surface area contributed by atoms with Gasteiger partial charge in [-0.05, 0) is 56.3 Å². The summed E-state index contributed by atoms with van der Waals surface area (Å²) < 4.78 is 10.2. The fraction of sp³-hybridized carbons (Fsp3) is 0.200. The molecule has 276 valence electrons. The van der Waals surface area contributed by atoms with Crippen LogP contribution in [-0.4, -0.2) is 82.3 Å². The van der Waals surface area contributed by atoms with Crippen molar-refractivity contribution in [3.8, 4) is 28.2 Å². The lowest BCUT2D eigenvalue weighted by Crippen LogP contribution is -2.53. The second-order valence-corrected chi connectivity index (χ2v) is 13.8. The monoisotopic (exact) mass is 754 g/mol. The minimum absolute atomic E-state index is 0.243. The number of anilines is 1. The van der Waals surface area contributed by atoms with Gasteiger partial charge >= 0.3 is 5.97 Å². The van der Waals surface area contributed by atoms with Gasteiger partial charge in [0, 0.05) is 59.2 Å². The minimum Gasteiger partial charge on any atom is -0.467 e. The molecule has 3 aromatic carbocycles. The lowest BCUT2D eigenvalue weighted by molar-refractivity contribution is -0.154. The number of hydrogen-bond donors (Lipinski definition) is 1. The fourth-order valence-electron chi connectivity index (χ4n) is 7.03. The quantitative estimate of drug-likeness (QED) is 0.180. The zero-order valence-electron chi connectivity index (χ0n) is 30.2. The maximum atomic E-state index is 14.0. The number of ether oxygens (including phenoxy) is 1. The standard InChI is InChI=1S/C40H35ClN10O4/c1-25-21-26(2)50-36(43-25)31(23-42-50)37(52)44-28-15-13-27(14-16-28)34-24-49(47-45-34)40(39(54)55-3)17-19-48(20-18-40)38(53)33-22-35(30-11-7-8-12-32(30)41)51(46-33)29-9-5-4-6-10-29/h4-16,21-24H,17-20H2,1-3H3,(H,44,52). The third-order valence-corrected chi connectivity index (χ3v) is 10.2. The molecule has 4 aromatic heterocycles. The lowest BCUT2D eigenvalue weighted by atomic mass is 9.87. The van der Waals surface area contributed by atoms with E-state index in [0.717, 1.165) is 28.2 Å². The topological polar surface area (TPSA) is 154 Å². The molecule has 5 heterocycles. The Balaban J connectivity index is 0.990. The second-order valence-electron chi connectivity index (χ2n) is 13.4. The van der Waals surface area contributed by atoms with E-state index in [9.17, 15) is 14.4 Å². The molecule has 15 heteroatoms. The number of aryl methyl sites for hydroxylation is 2. The minimum atomic E-state index is -1.18. The van der Waals surface area contributed by atoms with Gasteiger partial charge in [0.2, 0.25) is 0 Å². The number of nitrogens with zero attached hydrogens (tertiary/aromatic N) is 9. The van der Waals surface area contributed by atoms with E-state index in [2.05, 4.69) is 25.7 Å². The van der Waals surface area contributed by atoms with Crippen LogP contribution in [-0.2, 0) is 15.1 Å². The zero-order valence-corrected chi connectivity index (χ0v) is 30.9. The van der Waals surface area contributed by atoms with E-state index in [1.807, 2.05) is 80.6 Å². The summed E-state index contributed by atoms with van der Waals surface area (Å²) in [5, 5.41) is 21.2. The number of amides is 2. The van der Waals surface area contributed by atoms with Crippen LogP contribution in [0.25, 0.3) is 33.8 Å². The van der Waals surface area contributed by atoms with Crippen LogP contribution in [0.5, 0.6) is 0 Å². The SMILES string of the molecule is COC(=O)C1(n2cc(-c3ccc(NC(=O)c4cnn5c(C)cc(C)nc45)cc3)nn2)CCN(C(=O)c2cc(-c3ccccc3Cl)n(-c3ccccc3)n2)CC1. The van der Waals surface area contributed by atoms with Gasteiger partial charge in [0.05, 0.1) is 30.9 Å². The average Bonchev–Trinajstić information content (AvgIpc) is 3.98.